The molecule has 1 saturated heterocycles. The fourth-order valence-electron chi connectivity index (χ4n) is 3.36. The predicted octanol–water partition coefficient (Wildman–Crippen LogP) is 4.76. The summed E-state index contributed by atoms with van der Waals surface area (Å²) in [5.74, 6) is 0.708. The number of hydrogen-bond donors (Lipinski definition) is 1. The van der Waals surface area contributed by atoms with Crippen molar-refractivity contribution in [2.45, 2.75) is 32.0 Å². The molecule has 3 nitrogen and oxygen atoms in total. The highest BCUT2D eigenvalue weighted by Gasteiger charge is 2.19. The number of piperidine rings is 1. The number of nitrogens with one attached hydrogen (secondary N) is 1. The average Bonchev–Trinajstić information content (AvgIpc) is 2.62. The van der Waals surface area contributed by atoms with Crippen LogP contribution in [0.1, 0.15) is 24.0 Å². The van der Waals surface area contributed by atoms with E-state index in [4.69, 9.17) is 27.9 Å². The van der Waals surface area contributed by atoms with Crippen molar-refractivity contribution in [1.82, 2.24) is 10.2 Å². The Morgan fingerprint density at radius 1 is 1.12 bits per heavy atom. The van der Waals surface area contributed by atoms with Crippen molar-refractivity contribution in [2.75, 3.05) is 20.2 Å². The third-order valence-corrected chi connectivity index (χ3v) is 5.21. The lowest BCUT2D eigenvalue weighted by Gasteiger charge is -2.32. The van der Waals surface area contributed by atoms with Crippen LogP contribution >= 0.6 is 23.2 Å². The van der Waals surface area contributed by atoms with E-state index in [0.717, 1.165) is 38.0 Å². The second-order valence-corrected chi connectivity index (χ2v) is 7.34. The molecular weight excluding hydrogens is 355 g/mol. The summed E-state index contributed by atoms with van der Waals surface area (Å²) in [5, 5.41) is 4.83. The number of hydrogen-bond acceptors (Lipinski definition) is 3. The van der Waals surface area contributed by atoms with E-state index >= 15 is 0 Å². The summed E-state index contributed by atoms with van der Waals surface area (Å²) in [4.78, 5) is 2.52. The molecule has 0 aromatic heterocycles. The Morgan fingerprint density at radius 3 is 2.52 bits per heavy atom. The van der Waals surface area contributed by atoms with Crippen molar-refractivity contribution in [1.29, 1.82) is 0 Å². The third-order valence-electron chi connectivity index (χ3n) is 4.71. The van der Waals surface area contributed by atoms with Gasteiger partial charge in [0.1, 0.15) is 5.75 Å². The maximum absolute atomic E-state index is 6.21. The molecule has 2 aromatic rings. The highest BCUT2D eigenvalue weighted by molar-refractivity contribution is 6.35. The first-order valence-corrected chi connectivity index (χ1v) is 9.43. The maximum atomic E-state index is 6.21. The first-order valence-electron chi connectivity index (χ1n) is 8.67. The summed E-state index contributed by atoms with van der Waals surface area (Å²) in [6.45, 7) is 3.97. The molecule has 0 atom stereocenters. The second kappa shape index (κ2) is 8.91. The number of nitrogens with zero attached hydrogens (tertiary/aromatic N) is 1. The number of benzene rings is 2. The molecular formula is C20H24Cl2N2O. The molecule has 0 bridgehead atoms. The van der Waals surface area contributed by atoms with Crippen LogP contribution in [0.5, 0.6) is 5.75 Å². The van der Waals surface area contributed by atoms with Gasteiger partial charge in [-0.05, 0) is 43.6 Å². The van der Waals surface area contributed by atoms with E-state index in [1.807, 2.05) is 6.07 Å². The van der Waals surface area contributed by atoms with Gasteiger partial charge in [0.05, 0.1) is 12.1 Å². The molecule has 1 heterocycles. The minimum Gasteiger partial charge on any atom is -0.495 e. The van der Waals surface area contributed by atoms with Crippen LogP contribution in [-0.2, 0) is 13.1 Å². The first kappa shape index (κ1) is 18.5. The number of likely N-dealkylation sites (tertiary alicyclic amines) is 1. The lowest BCUT2D eigenvalue weighted by molar-refractivity contribution is 0.190. The normalized spacial score (nSPS) is 16.1. The van der Waals surface area contributed by atoms with Crippen molar-refractivity contribution in [2.24, 2.45) is 0 Å². The molecule has 0 saturated carbocycles. The van der Waals surface area contributed by atoms with Gasteiger partial charge in [-0.1, -0.05) is 53.5 Å². The summed E-state index contributed by atoms with van der Waals surface area (Å²) in [6.07, 6.45) is 2.28. The van der Waals surface area contributed by atoms with Crippen LogP contribution in [0.4, 0.5) is 0 Å². The number of rotatable bonds is 6. The first-order chi connectivity index (χ1) is 12.2. The van der Waals surface area contributed by atoms with Gasteiger partial charge in [-0.2, -0.15) is 0 Å². The Balaban J connectivity index is 1.50. The Bertz CT molecular complexity index is 686. The van der Waals surface area contributed by atoms with E-state index in [2.05, 4.69) is 40.5 Å². The molecule has 3 rings (SSSR count). The van der Waals surface area contributed by atoms with Crippen LogP contribution in [0.15, 0.2) is 42.5 Å². The smallest absolute Gasteiger partial charge is 0.142 e. The van der Waals surface area contributed by atoms with E-state index in [1.165, 1.54) is 5.56 Å². The fourth-order valence-corrected chi connectivity index (χ4v) is 3.98. The highest BCUT2D eigenvalue weighted by Crippen LogP contribution is 2.32. The second-order valence-electron chi connectivity index (χ2n) is 6.50. The minimum absolute atomic E-state index is 0.509. The fraction of sp³-hybridized carbons (Fsp3) is 0.400. The summed E-state index contributed by atoms with van der Waals surface area (Å²) in [6, 6.07) is 14.8. The van der Waals surface area contributed by atoms with Gasteiger partial charge < -0.3 is 10.1 Å². The standard InChI is InChI=1S/C20H24Cl2N2O/c1-25-20-16(11-17(21)12-19(20)22)13-23-18-7-9-24(10-8-18)14-15-5-3-2-4-6-15/h2-6,11-12,18,23H,7-10,13-14H2,1H3. The molecule has 134 valence electrons. The highest BCUT2D eigenvalue weighted by atomic mass is 35.5. The Morgan fingerprint density at radius 2 is 1.84 bits per heavy atom. The number of halogens is 2. The van der Waals surface area contributed by atoms with Crippen molar-refractivity contribution in [3.8, 4) is 5.75 Å². The van der Waals surface area contributed by atoms with Crippen LogP contribution in [0, 0.1) is 0 Å². The van der Waals surface area contributed by atoms with Crippen molar-refractivity contribution < 1.29 is 4.74 Å². The molecule has 5 heteroatoms. The Kier molecular flexibility index (Phi) is 6.60. The summed E-state index contributed by atoms with van der Waals surface area (Å²) < 4.78 is 5.42. The van der Waals surface area contributed by atoms with Crippen LogP contribution < -0.4 is 10.1 Å². The lowest BCUT2D eigenvalue weighted by atomic mass is 10.0. The van der Waals surface area contributed by atoms with Gasteiger partial charge in [-0.3, -0.25) is 4.90 Å². The molecule has 0 amide bonds. The summed E-state index contributed by atoms with van der Waals surface area (Å²) in [5.41, 5.74) is 2.39. The predicted molar refractivity (Wildman–Crippen MR) is 105 cm³/mol. The Hall–Kier alpha value is -1.26. The third kappa shape index (κ3) is 5.11. The molecule has 0 radical (unpaired) electrons. The summed E-state index contributed by atoms with van der Waals surface area (Å²) >= 11 is 12.3. The van der Waals surface area contributed by atoms with Gasteiger partial charge in [0.2, 0.25) is 0 Å². The molecule has 1 N–H and O–H groups in total. The van der Waals surface area contributed by atoms with E-state index in [1.54, 1.807) is 13.2 Å². The zero-order valence-electron chi connectivity index (χ0n) is 14.5. The number of ether oxygens (including phenoxy) is 1. The zero-order valence-corrected chi connectivity index (χ0v) is 16.0. The average molecular weight is 379 g/mol. The largest absolute Gasteiger partial charge is 0.495 e. The van der Waals surface area contributed by atoms with Crippen LogP contribution in [0.25, 0.3) is 0 Å². The summed E-state index contributed by atoms with van der Waals surface area (Å²) in [7, 11) is 1.64. The maximum Gasteiger partial charge on any atom is 0.142 e. The minimum atomic E-state index is 0.509. The number of methoxy groups -OCH3 is 1. The van der Waals surface area contributed by atoms with Crippen molar-refractivity contribution in [3.05, 3.63) is 63.6 Å². The topological polar surface area (TPSA) is 24.5 Å². The van der Waals surface area contributed by atoms with Gasteiger partial charge in [0.25, 0.3) is 0 Å². The molecule has 1 aliphatic rings. The van der Waals surface area contributed by atoms with E-state index in [9.17, 15) is 0 Å². The van der Waals surface area contributed by atoms with Gasteiger partial charge in [-0.15, -0.1) is 0 Å². The van der Waals surface area contributed by atoms with Gasteiger partial charge in [0, 0.05) is 29.7 Å². The molecule has 1 aliphatic heterocycles. The molecule has 0 spiro atoms. The SMILES string of the molecule is COc1c(Cl)cc(Cl)cc1CNC1CCN(Cc2ccccc2)CC1. The van der Waals surface area contributed by atoms with E-state index in [-0.39, 0.29) is 0 Å². The zero-order chi connectivity index (χ0) is 17.6. The monoisotopic (exact) mass is 378 g/mol. The molecule has 0 unspecified atom stereocenters. The van der Waals surface area contributed by atoms with Crippen molar-refractivity contribution in [3.63, 3.8) is 0 Å². The molecule has 1 fully saturated rings. The Labute approximate surface area is 159 Å². The lowest BCUT2D eigenvalue weighted by Crippen LogP contribution is -2.41. The molecule has 0 aliphatic carbocycles. The van der Waals surface area contributed by atoms with Gasteiger partial charge in [-0.25, -0.2) is 0 Å². The van der Waals surface area contributed by atoms with Crippen LogP contribution in [-0.4, -0.2) is 31.1 Å². The van der Waals surface area contributed by atoms with E-state index in [0.29, 0.717) is 28.4 Å². The van der Waals surface area contributed by atoms with Gasteiger partial charge in [0.15, 0.2) is 0 Å². The molecule has 25 heavy (non-hydrogen) atoms. The van der Waals surface area contributed by atoms with E-state index < -0.39 is 0 Å². The van der Waals surface area contributed by atoms with Gasteiger partial charge >= 0.3 is 0 Å². The quantitative estimate of drug-likeness (QED) is 0.784. The van der Waals surface area contributed by atoms with Crippen LogP contribution in [0.2, 0.25) is 10.0 Å². The van der Waals surface area contributed by atoms with Crippen LogP contribution in [0.3, 0.4) is 0 Å². The van der Waals surface area contributed by atoms with Crippen molar-refractivity contribution >= 4 is 23.2 Å². The molecule has 2 aromatic carbocycles.